The van der Waals surface area contributed by atoms with E-state index in [1.165, 1.54) is 12.1 Å². The lowest BCUT2D eigenvalue weighted by Crippen LogP contribution is -2.27. The quantitative estimate of drug-likeness (QED) is 0.597. The van der Waals surface area contributed by atoms with Gasteiger partial charge in [0.1, 0.15) is 0 Å². The van der Waals surface area contributed by atoms with E-state index in [0.29, 0.717) is 10.2 Å². The molecule has 142 valence electrons. The van der Waals surface area contributed by atoms with Gasteiger partial charge >= 0.3 is 0 Å². The maximum atomic E-state index is 12.2. The Morgan fingerprint density at radius 2 is 2.07 bits per heavy atom. The van der Waals surface area contributed by atoms with E-state index >= 15 is 0 Å². The van der Waals surface area contributed by atoms with Crippen LogP contribution in [0.5, 0.6) is 0 Å². The van der Waals surface area contributed by atoms with Crippen LogP contribution in [0.1, 0.15) is 12.1 Å². The zero-order chi connectivity index (χ0) is 19.6. The fraction of sp³-hybridized carbons (Fsp3) is 0.235. The van der Waals surface area contributed by atoms with E-state index in [0.717, 1.165) is 16.7 Å². The molecule has 0 fully saturated rings. The first-order valence-electron chi connectivity index (χ1n) is 8.11. The lowest BCUT2D eigenvalue weighted by molar-refractivity contribution is -0.116. The van der Waals surface area contributed by atoms with Crippen LogP contribution in [-0.4, -0.2) is 35.6 Å². The number of hydrogen-bond donors (Lipinski definition) is 2. The van der Waals surface area contributed by atoms with Gasteiger partial charge in [-0.2, -0.15) is 5.10 Å². The number of carbonyl (C=O) groups is 1. The van der Waals surface area contributed by atoms with Crippen molar-refractivity contribution in [1.82, 2.24) is 19.5 Å². The highest BCUT2D eigenvalue weighted by molar-refractivity contribution is 9.10. The van der Waals surface area contributed by atoms with Crippen molar-refractivity contribution in [3.63, 3.8) is 0 Å². The molecule has 27 heavy (non-hydrogen) atoms. The first-order valence-corrected chi connectivity index (χ1v) is 10.4. The third kappa shape index (κ3) is 4.52. The molecule has 2 heterocycles. The maximum absolute atomic E-state index is 12.2. The molecule has 3 aromatic rings. The predicted molar refractivity (Wildman–Crippen MR) is 106 cm³/mol. The van der Waals surface area contributed by atoms with E-state index < -0.39 is 10.0 Å². The maximum Gasteiger partial charge on any atom is 0.240 e. The highest BCUT2D eigenvalue weighted by atomic mass is 79.9. The van der Waals surface area contributed by atoms with Crippen LogP contribution in [0.2, 0.25) is 0 Å². The van der Waals surface area contributed by atoms with Crippen LogP contribution in [-0.2, 0) is 21.9 Å². The largest absolute Gasteiger partial charge is 0.325 e. The molecule has 0 saturated carbocycles. The summed E-state index contributed by atoms with van der Waals surface area (Å²) < 4.78 is 29.2. The number of aromatic nitrogens is 3. The number of halogens is 1. The van der Waals surface area contributed by atoms with Gasteiger partial charge in [-0.3, -0.25) is 9.48 Å². The second kappa shape index (κ2) is 7.75. The summed E-state index contributed by atoms with van der Waals surface area (Å²) in [5, 5.41) is 7.86. The Morgan fingerprint density at radius 3 is 2.81 bits per heavy atom. The van der Waals surface area contributed by atoms with Gasteiger partial charge in [-0.25, -0.2) is 18.1 Å². The first-order chi connectivity index (χ1) is 12.8. The number of benzene rings is 1. The number of nitrogens with zero attached hydrogens (tertiary/aromatic N) is 3. The van der Waals surface area contributed by atoms with Crippen molar-refractivity contribution < 1.29 is 13.2 Å². The van der Waals surface area contributed by atoms with Crippen molar-refractivity contribution in [2.45, 2.75) is 18.2 Å². The van der Waals surface area contributed by atoms with E-state index in [4.69, 9.17) is 0 Å². The second-order valence-electron chi connectivity index (χ2n) is 5.96. The van der Waals surface area contributed by atoms with E-state index in [-0.39, 0.29) is 23.8 Å². The third-order valence-corrected chi connectivity index (χ3v) is 5.85. The Hall–Kier alpha value is -2.30. The van der Waals surface area contributed by atoms with Crippen LogP contribution in [0.25, 0.3) is 11.0 Å². The van der Waals surface area contributed by atoms with Crippen LogP contribution < -0.4 is 10.0 Å². The average Bonchev–Trinajstić information content (AvgIpc) is 2.88. The van der Waals surface area contributed by atoms with Gasteiger partial charge in [0, 0.05) is 29.9 Å². The molecule has 1 aromatic carbocycles. The van der Waals surface area contributed by atoms with Gasteiger partial charge in [-0.15, -0.1) is 0 Å². The van der Waals surface area contributed by atoms with Gasteiger partial charge < -0.3 is 5.32 Å². The number of fused-ring (bicyclic) bond motifs is 1. The lowest BCUT2D eigenvalue weighted by atomic mass is 10.2. The van der Waals surface area contributed by atoms with Crippen molar-refractivity contribution in [3.05, 3.63) is 46.7 Å². The fourth-order valence-electron chi connectivity index (χ4n) is 2.62. The number of amides is 1. The third-order valence-electron chi connectivity index (χ3n) is 3.90. The minimum Gasteiger partial charge on any atom is -0.325 e. The SMILES string of the molecule is Cc1nn(C)c2ncc(NC(=O)CCNS(=O)(=O)c3cccc(Br)c3)cc12. The Balaban J connectivity index is 1.59. The van der Waals surface area contributed by atoms with Crippen LogP contribution >= 0.6 is 15.9 Å². The molecule has 0 bridgehead atoms. The molecular weight excluding hydrogens is 434 g/mol. The van der Waals surface area contributed by atoms with Crippen molar-refractivity contribution in [2.75, 3.05) is 11.9 Å². The molecule has 0 unspecified atom stereocenters. The normalized spacial score (nSPS) is 11.7. The summed E-state index contributed by atoms with van der Waals surface area (Å²) in [6.45, 7) is 1.86. The van der Waals surface area contributed by atoms with E-state index in [1.807, 2.05) is 6.92 Å². The van der Waals surface area contributed by atoms with Crippen molar-refractivity contribution in [3.8, 4) is 0 Å². The van der Waals surface area contributed by atoms with Crippen LogP contribution in [0.15, 0.2) is 45.9 Å². The predicted octanol–water partition coefficient (Wildman–Crippen LogP) is 2.35. The topological polar surface area (TPSA) is 106 Å². The lowest BCUT2D eigenvalue weighted by Gasteiger charge is -2.08. The summed E-state index contributed by atoms with van der Waals surface area (Å²) in [6.07, 6.45) is 1.55. The Bertz CT molecular complexity index is 1110. The average molecular weight is 452 g/mol. The number of sulfonamides is 1. The van der Waals surface area contributed by atoms with Gasteiger partial charge in [0.25, 0.3) is 0 Å². The summed E-state index contributed by atoms with van der Waals surface area (Å²) in [7, 11) is -1.86. The van der Waals surface area contributed by atoms with Crippen LogP contribution in [0.4, 0.5) is 5.69 Å². The summed E-state index contributed by atoms with van der Waals surface area (Å²) in [5.41, 5.74) is 2.09. The van der Waals surface area contributed by atoms with Gasteiger partial charge in [0.2, 0.25) is 15.9 Å². The monoisotopic (exact) mass is 451 g/mol. The van der Waals surface area contributed by atoms with Crippen molar-refractivity contribution in [1.29, 1.82) is 0 Å². The summed E-state index contributed by atoms with van der Waals surface area (Å²) >= 11 is 3.24. The molecule has 0 saturated heterocycles. The zero-order valence-corrected chi connectivity index (χ0v) is 17.1. The zero-order valence-electron chi connectivity index (χ0n) is 14.7. The molecule has 10 heteroatoms. The second-order valence-corrected chi connectivity index (χ2v) is 8.64. The fourth-order valence-corrected chi connectivity index (χ4v) is 4.24. The molecule has 0 aliphatic rings. The molecule has 0 spiro atoms. The molecule has 0 aliphatic heterocycles. The Kier molecular flexibility index (Phi) is 5.59. The Labute approximate surface area is 165 Å². The molecule has 8 nitrogen and oxygen atoms in total. The van der Waals surface area contributed by atoms with Crippen molar-refractivity contribution in [2.24, 2.45) is 7.05 Å². The number of pyridine rings is 1. The molecule has 2 N–H and O–H groups in total. The highest BCUT2D eigenvalue weighted by Gasteiger charge is 2.15. The molecular formula is C17H18BrN5O3S. The number of nitrogens with one attached hydrogen (secondary N) is 2. The number of anilines is 1. The van der Waals surface area contributed by atoms with E-state index in [2.05, 4.69) is 36.1 Å². The molecule has 3 rings (SSSR count). The Morgan fingerprint density at radius 1 is 1.30 bits per heavy atom. The van der Waals surface area contributed by atoms with Gasteiger partial charge in [-0.05, 0) is 31.2 Å². The minimum atomic E-state index is -3.67. The highest BCUT2D eigenvalue weighted by Crippen LogP contribution is 2.19. The van der Waals surface area contributed by atoms with Crippen LogP contribution in [0, 0.1) is 6.92 Å². The molecule has 2 aromatic heterocycles. The summed E-state index contributed by atoms with van der Waals surface area (Å²) in [5.74, 6) is -0.311. The number of carbonyl (C=O) groups excluding carboxylic acids is 1. The molecule has 0 radical (unpaired) electrons. The number of rotatable bonds is 6. The molecule has 0 aliphatic carbocycles. The van der Waals surface area contributed by atoms with Crippen LogP contribution in [0.3, 0.4) is 0 Å². The van der Waals surface area contributed by atoms with Crippen molar-refractivity contribution >= 4 is 48.6 Å². The summed E-state index contributed by atoms with van der Waals surface area (Å²) in [4.78, 5) is 16.5. The van der Waals surface area contributed by atoms with Gasteiger partial charge in [0.05, 0.1) is 22.5 Å². The first kappa shape index (κ1) is 19.5. The summed E-state index contributed by atoms with van der Waals surface area (Å²) in [6, 6.07) is 8.16. The van der Waals surface area contributed by atoms with Gasteiger partial charge in [0.15, 0.2) is 5.65 Å². The molecule has 1 amide bonds. The smallest absolute Gasteiger partial charge is 0.240 e. The van der Waals surface area contributed by atoms with E-state index in [9.17, 15) is 13.2 Å². The van der Waals surface area contributed by atoms with Gasteiger partial charge in [-0.1, -0.05) is 22.0 Å². The number of hydrogen-bond acceptors (Lipinski definition) is 5. The standard InChI is InChI=1S/C17H18BrN5O3S/c1-11-15-9-13(10-19-17(15)23(2)22-11)21-16(24)6-7-20-27(25,26)14-5-3-4-12(18)8-14/h3-5,8-10,20H,6-7H2,1-2H3,(H,21,24). The molecule has 0 atom stereocenters. The minimum absolute atomic E-state index is 0.00269. The van der Waals surface area contributed by atoms with E-state index in [1.54, 1.807) is 36.1 Å². The number of aryl methyl sites for hydroxylation is 2.